The summed E-state index contributed by atoms with van der Waals surface area (Å²) in [6.07, 6.45) is 8.19. The molecule has 0 atom stereocenters. The molecule has 0 aliphatic carbocycles. The molecule has 1 fully saturated rings. The highest BCUT2D eigenvalue weighted by Gasteiger charge is 2.29. The first-order valence-corrected chi connectivity index (χ1v) is 10.4. The molecule has 2 aromatic heterocycles. The molecule has 0 saturated carbocycles. The van der Waals surface area contributed by atoms with Crippen molar-refractivity contribution < 1.29 is 5.11 Å². The van der Waals surface area contributed by atoms with E-state index in [1.807, 2.05) is 42.7 Å². The minimum atomic E-state index is 0.0310. The summed E-state index contributed by atoms with van der Waals surface area (Å²) >= 11 is 0. The first-order chi connectivity index (χ1) is 14.3. The summed E-state index contributed by atoms with van der Waals surface area (Å²) in [7, 11) is 0. The fourth-order valence-corrected chi connectivity index (χ4v) is 4.31. The minimum absolute atomic E-state index is 0.0310. The molecule has 0 radical (unpaired) electrons. The maximum absolute atomic E-state index is 9.60. The summed E-state index contributed by atoms with van der Waals surface area (Å²) in [6.45, 7) is 2.92. The fourth-order valence-electron chi connectivity index (χ4n) is 4.31. The number of fused-ring (bicyclic) bond motifs is 1. The molecule has 0 amide bonds. The van der Waals surface area contributed by atoms with Crippen molar-refractivity contribution >= 4 is 17.5 Å². The maximum atomic E-state index is 9.60. The van der Waals surface area contributed by atoms with Crippen molar-refractivity contribution in [2.24, 2.45) is 0 Å². The minimum Gasteiger partial charge on any atom is -0.392 e. The van der Waals surface area contributed by atoms with Gasteiger partial charge in [-0.05, 0) is 49.4 Å². The van der Waals surface area contributed by atoms with Crippen LogP contribution in [0.3, 0.4) is 0 Å². The lowest BCUT2D eigenvalue weighted by atomic mass is 10.0. The van der Waals surface area contributed by atoms with Crippen molar-refractivity contribution in [3.63, 3.8) is 0 Å². The van der Waals surface area contributed by atoms with Gasteiger partial charge in [-0.2, -0.15) is 4.98 Å². The molecule has 3 aromatic rings. The number of aliphatic hydroxyl groups is 1. The van der Waals surface area contributed by atoms with Crippen molar-refractivity contribution in [3.05, 3.63) is 59.9 Å². The Morgan fingerprint density at radius 3 is 2.55 bits per heavy atom. The van der Waals surface area contributed by atoms with E-state index in [4.69, 9.17) is 9.97 Å². The molecule has 4 heterocycles. The fraction of sp³-hybridized carbons (Fsp3) is 0.348. The van der Waals surface area contributed by atoms with Crippen LogP contribution in [0.25, 0.3) is 11.3 Å². The normalized spacial score (nSPS) is 16.2. The van der Waals surface area contributed by atoms with Crippen LogP contribution >= 0.6 is 0 Å². The molecule has 2 aliphatic heterocycles. The van der Waals surface area contributed by atoms with Gasteiger partial charge in [-0.25, -0.2) is 4.98 Å². The summed E-state index contributed by atoms with van der Waals surface area (Å²) in [5.74, 6) is 1.81. The Balaban J connectivity index is 1.65. The Morgan fingerprint density at radius 1 is 0.931 bits per heavy atom. The van der Waals surface area contributed by atoms with Crippen LogP contribution in [0.1, 0.15) is 30.4 Å². The molecule has 6 heteroatoms. The van der Waals surface area contributed by atoms with Crippen molar-refractivity contribution in [1.29, 1.82) is 0 Å². The second-order valence-corrected chi connectivity index (χ2v) is 7.69. The number of pyridine rings is 1. The Kier molecular flexibility index (Phi) is 4.86. The van der Waals surface area contributed by atoms with Crippen LogP contribution in [0, 0.1) is 0 Å². The average Bonchev–Trinajstić information content (AvgIpc) is 3.24. The quantitative estimate of drug-likeness (QED) is 0.736. The van der Waals surface area contributed by atoms with Gasteiger partial charge in [0.2, 0.25) is 5.95 Å². The molecule has 29 heavy (non-hydrogen) atoms. The number of aromatic nitrogens is 3. The van der Waals surface area contributed by atoms with E-state index in [-0.39, 0.29) is 6.61 Å². The van der Waals surface area contributed by atoms with Gasteiger partial charge in [0.15, 0.2) is 0 Å². The zero-order chi connectivity index (χ0) is 19.6. The lowest BCUT2D eigenvalue weighted by molar-refractivity contribution is 0.282. The summed E-state index contributed by atoms with van der Waals surface area (Å²) in [6, 6.07) is 12.1. The molecule has 6 nitrogen and oxygen atoms in total. The zero-order valence-electron chi connectivity index (χ0n) is 16.5. The van der Waals surface area contributed by atoms with Crippen LogP contribution in [0.15, 0.2) is 48.8 Å². The maximum Gasteiger partial charge on any atom is 0.227 e. The number of piperidine rings is 1. The number of rotatable bonds is 4. The van der Waals surface area contributed by atoms with E-state index < -0.39 is 0 Å². The second-order valence-electron chi connectivity index (χ2n) is 7.69. The van der Waals surface area contributed by atoms with E-state index in [1.54, 1.807) is 0 Å². The van der Waals surface area contributed by atoms with Crippen molar-refractivity contribution in [1.82, 2.24) is 15.0 Å². The molecule has 0 bridgehead atoms. The van der Waals surface area contributed by atoms with Crippen LogP contribution in [-0.2, 0) is 13.0 Å². The van der Waals surface area contributed by atoms with Gasteiger partial charge in [0.25, 0.3) is 0 Å². The monoisotopic (exact) mass is 387 g/mol. The van der Waals surface area contributed by atoms with Crippen LogP contribution in [0.4, 0.5) is 17.5 Å². The molecule has 0 unspecified atom stereocenters. The van der Waals surface area contributed by atoms with E-state index in [2.05, 4.69) is 20.9 Å². The number of benzene rings is 1. The van der Waals surface area contributed by atoms with Crippen LogP contribution in [0.5, 0.6) is 0 Å². The van der Waals surface area contributed by atoms with Gasteiger partial charge in [-0.3, -0.25) is 4.98 Å². The van der Waals surface area contributed by atoms with Gasteiger partial charge < -0.3 is 14.9 Å². The van der Waals surface area contributed by atoms with Gasteiger partial charge in [-0.15, -0.1) is 0 Å². The number of nitrogens with zero attached hydrogens (tertiary/aromatic N) is 5. The van der Waals surface area contributed by atoms with Gasteiger partial charge in [0.1, 0.15) is 5.82 Å². The van der Waals surface area contributed by atoms with E-state index in [1.165, 1.54) is 24.8 Å². The van der Waals surface area contributed by atoms with E-state index >= 15 is 0 Å². The Morgan fingerprint density at radius 2 is 1.76 bits per heavy atom. The van der Waals surface area contributed by atoms with Crippen LogP contribution in [-0.4, -0.2) is 39.7 Å². The highest BCUT2D eigenvalue weighted by Crippen LogP contribution is 2.39. The lowest BCUT2D eigenvalue weighted by Crippen LogP contribution is -2.31. The average molecular weight is 387 g/mol. The van der Waals surface area contributed by atoms with Crippen molar-refractivity contribution in [2.45, 2.75) is 32.3 Å². The summed E-state index contributed by atoms with van der Waals surface area (Å²) < 4.78 is 0. The third-order valence-electron chi connectivity index (χ3n) is 5.81. The summed E-state index contributed by atoms with van der Waals surface area (Å²) in [5, 5.41) is 9.60. The highest BCUT2D eigenvalue weighted by atomic mass is 16.3. The van der Waals surface area contributed by atoms with Gasteiger partial charge in [-0.1, -0.05) is 18.2 Å². The Labute approximate surface area is 170 Å². The molecule has 2 aliphatic rings. The Hall–Kier alpha value is -2.99. The SMILES string of the molecule is OCc1cccc(-c2nc(N3CCCCC3)nc3c2CCN3c2ccncc2)c1. The largest absolute Gasteiger partial charge is 0.392 e. The molecule has 0 spiro atoms. The smallest absolute Gasteiger partial charge is 0.227 e. The third kappa shape index (κ3) is 3.44. The molecule has 1 saturated heterocycles. The predicted octanol–water partition coefficient (Wildman–Crippen LogP) is 3.72. The summed E-state index contributed by atoms with van der Waals surface area (Å²) in [4.78, 5) is 18.8. The number of hydrogen-bond donors (Lipinski definition) is 1. The first-order valence-electron chi connectivity index (χ1n) is 10.4. The second kappa shape index (κ2) is 7.79. The molecule has 5 rings (SSSR count). The molecule has 1 aromatic carbocycles. The van der Waals surface area contributed by atoms with Crippen LogP contribution < -0.4 is 9.80 Å². The molecule has 148 valence electrons. The molecule has 1 N–H and O–H groups in total. The number of anilines is 3. The van der Waals surface area contributed by atoms with E-state index in [0.29, 0.717) is 0 Å². The van der Waals surface area contributed by atoms with E-state index in [0.717, 1.165) is 60.3 Å². The van der Waals surface area contributed by atoms with Crippen molar-refractivity contribution in [2.75, 3.05) is 29.4 Å². The predicted molar refractivity (Wildman–Crippen MR) is 114 cm³/mol. The topological polar surface area (TPSA) is 65.4 Å². The van der Waals surface area contributed by atoms with Gasteiger partial charge in [0, 0.05) is 48.8 Å². The van der Waals surface area contributed by atoms with Crippen LogP contribution in [0.2, 0.25) is 0 Å². The number of hydrogen-bond acceptors (Lipinski definition) is 6. The van der Waals surface area contributed by atoms with Gasteiger partial charge >= 0.3 is 0 Å². The highest BCUT2D eigenvalue weighted by molar-refractivity contribution is 5.77. The number of aliphatic hydroxyl groups excluding tert-OH is 1. The van der Waals surface area contributed by atoms with E-state index in [9.17, 15) is 5.11 Å². The molecular weight excluding hydrogens is 362 g/mol. The standard InChI is InChI=1S/C23H25N5O/c29-16-17-5-4-6-18(15-17)21-20-9-14-28(19-7-10-24-11-8-19)22(20)26-23(25-21)27-12-2-1-3-13-27/h4-8,10-11,15,29H,1-3,9,12-14,16H2. The molecular formula is C23H25N5O. The summed E-state index contributed by atoms with van der Waals surface area (Å²) in [5.41, 5.74) is 5.22. The third-order valence-corrected chi connectivity index (χ3v) is 5.81. The Bertz CT molecular complexity index is 1000. The lowest BCUT2D eigenvalue weighted by Gasteiger charge is -2.28. The van der Waals surface area contributed by atoms with Gasteiger partial charge in [0.05, 0.1) is 12.3 Å². The van der Waals surface area contributed by atoms with Crippen molar-refractivity contribution in [3.8, 4) is 11.3 Å². The zero-order valence-corrected chi connectivity index (χ0v) is 16.5. The first kappa shape index (κ1) is 18.1.